The topological polar surface area (TPSA) is 69.6 Å². The molecule has 0 heterocycles. The van der Waals surface area contributed by atoms with Crippen LogP contribution in [0.25, 0.3) is 10.8 Å². The first kappa shape index (κ1) is 17.0. The first-order valence-corrected chi connectivity index (χ1v) is 8.30. The van der Waals surface area contributed by atoms with E-state index in [4.69, 9.17) is 0 Å². The predicted octanol–water partition coefficient (Wildman–Crippen LogP) is 2.81. The van der Waals surface area contributed by atoms with Crippen LogP contribution in [-0.4, -0.2) is 28.8 Å². The second-order valence-electron chi connectivity index (χ2n) is 6.18. The molecule has 4 nitrogen and oxygen atoms in total. The summed E-state index contributed by atoms with van der Waals surface area (Å²) in [5.74, 6) is 0.0812. The van der Waals surface area contributed by atoms with Gasteiger partial charge in [0.25, 0.3) is 0 Å². The summed E-state index contributed by atoms with van der Waals surface area (Å²) in [5, 5.41) is 24.0. The van der Waals surface area contributed by atoms with Gasteiger partial charge in [-0.3, -0.25) is 4.79 Å². The number of benzene rings is 3. The molecule has 0 fully saturated rings. The summed E-state index contributed by atoms with van der Waals surface area (Å²) in [7, 11) is 0. The van der Waals surface area contributed by atoms with E-state index < -0.39 is 0 Å². The van der Waals surface area contributed by atoms with Gasteiger partial charge in [-0.1, -0.05) is 54.6 Å². The summed E-state index contributed by atoms with van der Waals surface area (Å²) in [6.45, 7) is -0.135. The smallest absolute Gasteiger partial charge is 0.224 e. The van der Waals surface area contributed by atoms with Crippen molar-refractivity contribution in [1.82, 2.24) is 5.32 Å². The minimum absolute atomic E-state index is 0.117. The maximum atomic E-state index is 12.3. The highest BCUT2D eigenvalue weighted by Crippen LogP contribution is 2.16. The number of phenols is 1. The van der Waals surface area contributed by atoms with Gasteiger partial charge in [-0.05, 0) is 40.5 Å². The quantitative estimate of drug-likeness (QED) is 0.649. The van der Waals surface area contributed by atoms with E-state index in [0.29, 0.717) is 6.42 Å². The average Bonchev–Trinajstić information content (AvgIpc) is 2.63. The molecule has 25 heavy (non-hydrogen) atoms. The van der Waals surface area contributed by atoms with Gasteiger partial charge >= 0.3 is 0 Å². The zero-order valence-corrected chi connectivity index (χ0v) is 13.9. The van der Waals surface area contributed by atoms with Crippen LogP contribution in [0.2, 0.25) is 0 Å². The fraction of sp³-hybridized carbons (Fsp3) is 0.190. The number of phenolic OH excluding ortho intramolecular Hbond substituents is 1. The first-order chi connectivity index (χ1) is 12.1. The van der Waals surface area contributed by atoms with Crippen molar-refractivity contribution in [3.8, 4) is 5.75 Å². The van der Waals surface area contributed by atoms with Gasteiger partial charge in [0.15, 0.2) is 0 Å². The van der Waals surface area contributed by atoms with Crippen LogP contribution in [0.5, 0.6) is 5.75 Å². The maximum Gasteiger partial charge on any atom is 0.224 e. The number of carbonyl (C=O) groups is 1. The van der Waals surface area contributed by atoms with E-state index in [1.165, 1.54) is 0 Å². The van der Waals surface area contributed by atoms with Gasteiger partial charge < -0.3 is 15.5 Å². The monoisotopic (exact) mass is 335 g/mol. The maximum absolute atomic E-state index is 12.3. The molecule has 1 amide bonds. The van der Waals surface area contributed by atoms with Crippen LogP contribution in [-0.2, 0) is 17.6 Å². The van der Waals surface area contributed by atoms with Crippen molar-refractivity contribution in [3.63, 3.8) is 0 Å². The number of hydrogen-bond acceptors (Lipinski definition) is 3. The molecule has 0 saturated heterocycles. The minimum atomic E-state index is -0.350. The summed E-state index contributed by atoms with van der Waals surface area (Å²) in [6, 6.07) is 20.4. The number of fused-ring (bicyclic) bond motifs is 1. The van der Waals surface area contributed by atoms with Gasteiger partial charge in [0, 0.05) is 0 Å². The molecular formula is C21H21NO3. The Bertz CT molecular complexity index is 858. The van der Waals surface area contributed by atoms with E-state index >= 15 is 0 Å². The summed E-state index contributed by atoms with van der Waals surface area (Å²) in [4.78, 5) is 12.3. The van der Waals surface area contributed by atoms with Crippen LogP contribution < -0.4 is 5.32 Å². The van der Waals surface area contributed by atoms with Crippen molar-refractivity contribution < 1.29 is 15.0 Å². The molecule has 0 unspecified atom stereocenters. The number of aliphatic hydroxyl groups is 1. The van der Waals surface area contributed by atoms with Crippen molar-refractivity contribution in [2.75, 3.05) is 6.61 Å². The van der Waals surface area contributed by atoms with Crippen LogP contribution in [0.15, 0.2) is 66.7 Å². The van der Waals surface area contributed by atoms with Crippen molar-refractivity contribution in [1.29, 1.82) is 0 Å². The molecule has 3 aromatic carbocycles. The molecule has 0 aliphatic heterocycles. The van der Waals surface area contributed by atoms with Gasteiger partial charge in [-0.25, -0.2) is 0 Å². The van der Waals surface area contributed by atoms with Crippen LogP contribution >= 0.6 is 0 Å². The lowest BCUT2D eigenvalue weighted by molar-refractivity contribution is -0.121. The standard InChI is InChI=1S/C21H21NO3/c23-14-19(12-15-6-9-20(24)10-7-15)22-21(25)13-16-5-8-17-3-1-2-4-18(17)11-16/h1-11,19,23-24H,12-14H2,(H,22,25)/t19-/m0/s1. The Morgan fingerprint density at radius 3 is 2.32 bits per heavy atom. The third-order valence-corrected chi connectivity index (χ3v) is 4.18. The zero-order valence-electron chi connectivity index (χ0n) is 13.9. The Morgan fingerprint density at radius 1 is 0.920 bits per heavy atom. The number of nitrogens with one attached hydrogen (secondary N) is 1. The van der Waals surface area contributed by atoms with Crippen LogP contribution in [0.4, 0.5) is 0 Å². The third-order valence-electron chi connectivity index (χ3n) is 4.18. The molecule has 0 aromatic heterocycles. The van der Waals surface area contributed by atoms with Crippen LogP contribution in [0, 0.1) is 0 Å². The van der Waals surface area contributed by atoms with Crippen molar-refractivity contribution >= 4 is 16.7 Å². The molecule has 3 rings (SSSR count). The summed E-state index contributed by atoms with van der Waals surface area (Å²) in [5.41, 5.74) is 1.89. The lowest BCUT2D eigenvalue weighted by Crippen LogP contribution is -2.39. The van der Waals surface area contributed by atoms with Crippen molar-refractivity contribution in [2.45, 2.75) is 18.9 Å². The molecule has 0 saturated carbocycles. The number of carbonyl (C=O) groups excluding carboxylic acids is 1. The first-order valence-electron chi connectivity index (χ1n) is 8.30. The molecule has 4 heteroatoms. The van der Waals surface area contributed by atoms with E-state index in [1.807, 2.05) is 42.5 Å². The van der Waals surface area contributed by atoms with E-state index in [-0.39, 0.29) is 30.7 Å². The molecule has 0 bridgehead atoms. The molecule has 128 valence electrons. The predicted molar refractivity (Wildman–Crippen MR) is 98.5 cm³/mol. The van der Waals surface area contributed by atoms with Crippen LogP contribution in [0.1, 0.15) is 11.1 Å². The lowest BCUT2D eigenvalue weighted by atomic mass is 10.0. The summed E-state index contributed by atoms with van der Waals surface area (Å²) in [6.07, 6.45) is 0.789. The highest BCUT2D eigenvalue weighted by Gasteiger charge is 2.13. The SMILES string of the molecule is O=C(Cc1ccc2ccccc2c1)N[C@H](CO)Cc1ccc(O)cc1. The second kappa shape index (κ2) is 7.81. The minimum Gasteiger partial charge on any atom is -0.508 e. The molecule has 0 spiro atoms. The van der Waals surface area contributed by atoms with Crippen molar-refractivity contribution in [2.24, 2.45) is 0 Å². The zero-order chi connectivity index (χ0) is 17.6. The Balaban J connectivity index is 1.62. The Labute approximate surface area is 146 Å². The molecule has 1 atom stereocenters. The fourth-order valence-electron chi connectivity index (χ4n) is 2.89. The highest BCUT2D eigenvalue weighted by molar-refractivity contribution is 5.85. The second-order valence-corrected chi connectivity index (χ2v) is 6.18. The summed E-state index contributed by atoms with van der Waals surface area (Å²) < 4.78 is 0. The Kier molecular flexibility index (Phi) is 5.31. The van der Waals surface area contributed by atoms with Gasteiger partial charge in [0.2, 0.25) is 5.91 Å². The number of amides is 1. The van der Waals surface area contributed by atoms with E-state index in [2.05, 4.69) is 5.32 Å². The van der Waals surface area contributed by atoms with E-state index in [0.717, 1.165) is 21.9 Å². The molecule has 3 N–H and O–H groups in total. The molecule has 3 aromatic rings. The Morgan fingerprint density at radius 2 is 1.60 bits per heavy atom. The third kappa shape index (κ3) is 4.58. The largest absolute Gasteiger partial charge is 0.508 e. The van der Waals surface area contributed by atoms with Gasteiger partial charge in [-0.15, -0.1) is 0 Å². The highest BCUT2D eigenvalue weighted by atomic mass is 16.3. The van der Waals surface area contributed by atoms with Gasteiger partial charge in [-0.2, -0.15) is 0 Å². The van der Waals surface area contributed by atoms with Gasteiger partial charge in [0.05, 0.1) is 19.1 Å². The Hall–Kier alpha value is -2.85. The average molecular weight is 335 g/mol. The number of aromatic hydroxyl groups is 1. The number of rotatable bonds is 6. The lowest BCUT2D eigenvalue weighted by Gasteiger charge is -2.16. The molecular weight excluding hydrogens is 314 g/mol. The summed E-state index contributed by atoms with van der Waals surface area (Å²) >= 11 is 0. The van der Waals surface area contributed by atoms with Crippen molar-refractivity contribution in [3.05, 3.63) is 77.9 Å². The normalized spacial score (nSPS) is 12.0. The molecule has 0 radical (unpaired) electrons. The van der Waals surface area contributed by atoms with E-state index in [9.17, 15) is 15.0 Å². The number of hydrogen-bond donors (Lipinski definition) is 3. The van der Waals surface area contributed by atoms with Crippen LogP contribution in [0.3, 0.4) is 0 Å². The fourth-order valence-corrected chi connectivity index (χ4v) is 2.89. The van der Waals surface area contributed by atoms with E-state index in [1.54, 1.807) is 24.3 Å². The molecule has 0 aliphatic rings. The molecule has 0 aliphatic carbocycles. The number of aliphatic hydroxyl groups excluding tert-OH is 1. The van der Waals surface area contributed by atoms with Gasteiger partial charge in [0.1, 0.15) is 5.75 Å².